The van der Waals surface area contributed by atoms with Crippen molar-refractivity contribution in [3.8, 4) is 12.3 Å². The summed E-state index contributed by atoms with van der Waals surface area (Å²) in [5, 5.41) is 4.19. The molecule has 0 saturated heterocycles. The van der Waals surface area contributed by atoms with E-state index in [0.717, 1.165) is 22.3 Å². The highest BCUT2D eigenvalue weighted by Crippen LogP contribution is 2.30. The zero-order valence-corrected chi connectivity index (χ0v) is 15.7. The second-order valence-corrected chi connectivity index (χ2v) is 6.12. The number of halogens is 1. The molecule has 2 aromatic rings. The highest BCUT2D eigenvalue weighted by Gasteiger charge is 2.20. The number of para-hydroxylation sites is 1. The van der Waals surface area contributed by atoms with E-state index in [9.17, 15) is 18.8 Å². The molecule has 1 aromatic carbocycles. The van der Waals surface area contributed by atoms with Crippen LogP contribution in [0.15, 0.2) is 35.7 Å². The standard InChI is InChI=1S/C19H16FN3O4S/c1-3-10-21-17(25)11-27-18(26)9-8-14-12-28-19(22-14)23(13(2)24)16-7-5-4-6-15(16)20/h1,4-9,12H,10-11H2,2H3,(H,21,25)/b9-8+. The van der Waals surface area contributed by atoms with Crippen LogP contribution in [0.25, 0.3) is 6.08 Å². The largest absolute Gasteiger partial charge is 0.452 e. The molecule has 2 amide bonds. The first kappa shape index (κ1) is 20.8. The van der Waals surface area contributed by atoms with E-state index in [1.54, 1.807) is 11.4 Å². The van der Waals surface area contributed by atoms with Gasteiger partial charge in [-0.15, -0.1) is 17.8 Å². The zero-order chi connectivity index (χ0) is 20.5. The summed E-state index contributed by atoms with van der Waals surface area (Å²) in [6.45, 7) is 0.882. The summed E-state index contributed by atoms with van der Waals surface area (Å²) in [5.41, 5.74) is 0.452. The van der Waals surface area contributed by atoms with Crippen molar-refractivity contribution in [2.75, 3.05) is 18.1 Å². The van der Waals surface area contributed by atoms with E-state index in [2.05, 4.69) is 16.2 Å². The number of hydrogen-bond acceptors (Lipinski definition) is 6. The maximum Gasteiger partial charge on any atom is 0.331 e. The number of nitrogens with zero attached hydrogens (tertiary/aromatic N) is 2. The maximum absolute atomic E-state index is 14.0. The fourth-order valence-electron chi connectivity index (χ4n) is 2.03. The Bertz CT molecular complexity index is 949. The molecule has 0 spiro atoms. The van der Waals surface area contributed by atoms with Gasteiger partial charge in [-0.3, -0.25) is 14.5 Å². The lowest BCUT2D eigenvalue weighted by Gasteiger charge is -2.18. The molecule has 7 nitrogen and oxygen atoms in total. The molecule has 0 unspecified atom stereocenters. The van der Waals surface area contributed by atoms with E-state index in [-0.39, 0.29) is 17.4 Å². The summed E-state index contributed by atoms with van der Waals surface area (Å²) in [6, 6.07) is 5.84. The van der Waals surface area contributed by atoms with Gasteiger partial charge in [0.15, 0.2) is 11.7 Å². The highest BCUT2D eigenvalue weighted by atomic mass is 32.1. The Labute approximate surface area is 164 Å². The summed E-state index contributed by atoms with van der Waals surface area (Å²) in [5.74, 6) is -0.00934. The molecule has 0 radical (unpaired) electrons. The number of ether oxygens (including phenoxy) is 1. The van der Waals surface area contributed by atoms with Gasteiger partial charge in [-0.1, -0.05) is 18.1 Å². The fraction of sp³-hybridized carbons (Fsp3) is 0.158. The Balaban J connectivity index is 2.04. The number of anilines is 2. The minimum Gasteiger partial charge on any atom is -0.452 e. The number of rotatable bonds is 7. The lowest BCUT2D eigenvalue weighted by Crippen LogP contribution is -2.28. The quantitative estimate of drug-likeness (QED) is 0.437. The van der Waals surface area contributed by atoms with Crippen LogP contribution in [-0.4, -0.2) is 35.9 Å². The molecule has 0 atom stereocenters. The van der Waals surface area contributed by atoms with Gasteiger partial charge in [-0.05, 0) is 18.2 Å². The predicted molar refractivity (Wildman–Crippen MR) is 103 cm³/mol. The molecule has 1 aromatic heterocycles. The number of nitrogens with one attached hydrogen (secondary N) is 1. The average Bonchev–Trinajstić information content (AvgIpc) is 3.13. The number of terminal acetylenes is 1. The first-order chi connectivity index (χ1) is 13.4. The summed E-state index contributed by atoms with van der Waals surface area (Å²) in [4.78, 5) is 40.3. The third-order valence-corrected chi connectivity index (χ3v) is 4.08. The van der Waals surface area contributed by atoms with E-state index < -0.39 is 30.2 Å². The second-order valence-electron chi connectivity index (χ2n) is 5.28. The number of carbonyl (C=O) groups is 3. The Kier molecular flexibility index (Phi) is 7.42. The minimum absolute atomic E-state index is 0.0441. The van der Waals surface area contributed by atoms with Crippen LogP contribution >= 0.6 is 11.3 Å². The summed E-state index contributed by atoms with van der Waals surface area (Å²) < 4.78 is 18.8. The molecule has 0 aliphatic carbocycles. The van der Waals surface area contributed by atoms with Gasteiger partial charge in [0.1, 0.15) is 5.82 Å². The number of amides is 2. The van der Waals surface area contributed by atoms with Gasteiger partial charge in [0, 0.05) is 18.4 Å². The smallest absolute Gasteiger partial charge is 0.331 e. The lowest BCUT2D eigenvalue weighted by molar-refractivity contribution is -0.143. The Morgan fingerprint density at radius 1 is 1.39 bits per heavy atom. The Morgan fingerprint density at radius 2 is 2.14 bits per heavy atom. The van der Waals surface area contributed by atoms with Crippen LogP contribution in [-0.2, 0) is 19.1 Å². The van der Waals surface area contributed by atoms with E-state index in [1.807, 2.05) is 0 Å². The van der Waals surface area contributed by atoms with E-state index in [1.165, 1.54) is 31.2 Å². The van der Waals surface area contributed by atoms with Gasteiger partial charge in [-0.2, -0.15) is 0 Å². The SMILES string of the molecule is C#CCNC(=O)COC(=O)/C=C/c1csc(N(C(C)=O)c2ccccc2F)n1. The molecule has 0 aliphatic rings. The van der Waals surface area contributed by atoms with Gasteiger partial charge in [0.2, 0.25) is 5.91 Å². The molecule has 9 heteroatoms. The van der Waals surface area contributed by atoms with Crippen LogP contribution in [0.1, 0.15) is 12.6 Å². The van der Waals surface area contributed by atoms with Crippen LogP contribution in [0.2, 0.25) is 0 Å². The zero-order valence-electron chi connectivity index (χ0n) is 14.8. The van der Waals surface area contributed by atoms with Crippen molar-refractivity contribution in [1.82, 2.24) is 10.3 Å². The topological polar surface area (TPSA) is 88.6 Å². The van der Waals surface area contributed by atoms with Crippen molar-refractivity contribution in [3.63, 3.8) is 0 Å². The molecular weight excluding hydrogens is 385 g/mol. The van der Waals surface area contributed by atoms with Crippen LogP contribution in [0.5, 0.6) is 0 Å². The van der Waals surface area contributed by atoms with Gasteiger partial charge in [-0.25, -0.2) is 14.2 Å². The van der Waals surface area contributed by atoms with E-state index in [0.29, 0.717) is 5.69 Å². The normalized spacial score (nSPS) is 10.3. The van der Waals surface area contributed by atoms with Crippen LogP contribution in [0, 0.1) is 18.2 Å². The molecule has 28 heavy (non-hydrogen) atoms. The molecule has 0 bridgehead atoms. The molecule has 1 N–H and O–H groups in total. The molecule has 2 rings (SSSR count). The fourth-order valence-corrected chi connectivity index (χ4v) is 2.88. The van der Waals surface area contributed by atoms with Crippen molar-refractivity contribution in [1.29, 1.82) is 0 Å². The third kappa shape index (κ3) is 5.75. The summed E-state index contributed by atoms with van der Waals surface area (Å²) in [6.07, 6.45) is 7.45. The lowest BCUT2D eigenvalue weighted by atomic mass is 10.3. The van der Waals surface area contributed by atoms with E-state index in [4.69, 9.17) is 11.2 Å². The molecule has 1 heterocycles. The number of carbonyl (C=O) groups excluding carboxylic acids is 3. The second kappa shape index (κ2) is 9.99. The van der Waals surface area contributed by atoms with Crippen molar-refractivity contribution in [2.24, 2.45) is 0 Å². The summed E-state index contributed by atoms with van der Waals surface area (Å²) >= 11 is 1.11. The van der Waals surface area contributed by atoms with Crippen molar-refractivity contribution < 1.29 is 23.5 Å². The average molecular weight is 401 g/mol. The first-order valence-electron chi connectivity index (χ1n) is 7.98. The molecule has 144 valence electrons. The monoisotopic (exact) mass is 401 g/mol. The van der Waals surface area contributed by atoms with Gasteiger partial charge in [0.25, 0.3) is 5.91 Å². The number of thiazole rings is 1. The predicted octanol–water partition coefficient (Wildman–Crippen LogP) is 2.27. The van der Waals surface area contributed by atoms with Gasteiger partial charge < -0.3 is 10.1 Å². The van der Waals surface area contributed by atoms with Crippen LogP contribution < -0.4 is 10.2 Å². The van der Waals surface area contributed by atoms with Crippen LogP contribution in [0.4, 0.5) is 15.2 Å². The number of esters is 1. The highest BCUT2D eigenvalue weighted by molar-refractivity contribution is 7.14. The number of aromatic nitrogens is 1. The van der Waals surface area contributed by atoms with Gasteiger partial charge in [0.05, 0.1) is 17.9 Å². The molecule has 0 fully saturated rings. The number of benzene rings is 1. The van der Waals surface area contributed by atoms with E-state index >= 15 is 0 Å². The van der Waals surface area contributed by atoms with Crippen molar-refractivity contribution in [3.05, 3.63) is 47.2 Å². The van der Waals surface area contributed by atoms with Crippen molar-refractivity contribution >= 4 is 46.0 Å². The van der Waals surface area contributed by atoms with Crippen molar-refractivity contribution in [2.45, 2.75) is 6.92 Å². The Hall–Kier alpha value is -3.51. The van der Waals surface area contributed by atoms with Gasteiger partial charge >= 0.3 is 5.97 Å². The molecule has 0 saturated carbocycles. The minimum atomic E-state index is -0.747. The Morgan fingerprint density at radius 3 is 2.82 bits per heavy atom. The maximum atomic E-state index is 14.0. The third-order valence-electron chi connectivity index (χ3n) is 3.23. The molecular formula is C19H16FN3O4S. The summed E-state index contributed by atoms with van der Waals surface area (Å²) in [7, 11) is 0. The molecule has 0 aliphatic heterocycles. The first-order valence-corrected chi connectivity index (χ1v) is 8.86. The van der Waals surface area contributed by atoms with Crippen LogP contribution in [0.3, 0.4) is 0 Å². The number of hydrogen-bond donors (Lipinski definition) is 1.